The minimum absolute atomic E-state index is 0.153. The van der Waals surface area contributed by atoms with E-state index in [2.05, 4.69) is 13.8 Å². The Bertz CT molecular complexity index is 214. The average molecular weight is 260 g/mol. The summed E-state index contributed by atoms with van der Waals surface area (Å²) in [6.07, 6.45) is 5.55. The Balaban J connectivity index is 3.42. The highest BCUT2D eigenvalue weighted by molar-refractivity contribution is 5.69. The molecule has 18 heavy (non-hydrogen) atoms. The SMILES string of the molecule is CCCCCC(=O)OCCOOC(C)(C)CCC. The smallest absolute Gasteiger partial charge is 0.305 e. The van der Waals surface area contributed by atoms with Crippen molar-refractivity contribution >= 4 is 5.97 Å². The Labute approximate surface area is 111 Å². The number of esters is 1. The molecule has 0 amide bonds. The number of ether oxygens (including phenoxy) is 1. The highest BCUT2D eigenvalue weighted by Crippen LogP contribution is 2.16. The molecule has 0 atom stereocenters. The molecule has 4 heteroatoms. The fraction of sp³-hybridized carbons (Fsp3) is 0.929. The molecule has 0 heterocycles. The van der Waals surface area contributed by atoms with Gasteiger partial charge in [-0.2, -0.15) is 0 Å². The first-order chi connectivity index (χ1) is 8.52. The van der Waals surface area contributed by atoms with E-state index in [1.807, 2.05) is 13.8 Å². The van der Waals surface area contributed by atoms with E-state index in [-0.39, 0.29) is 24.8 Å². The van der Waals surface area contributed by atoms with Crippen molar-refractivity contribution in [3.8, 4) is 0 Å². The lowest BCUT2D eigenvalue weighted by atomic mass is 10.0. The molecule has 0 saturated carbocycles. The molecular weight excluding hydrogens is 232 g/mol. The molecule has 108 valence electrons. The van der Waals surface area contributed by atoms with E-state index in [9.17, 15) is 4.79 Å². The quantitative estimate of drug-likeness (QED) is 0.246. The number of rotatable bonds is 11. The Morgan fingerprint density at radius 2 is 1.78 bits per heavy atom. The molecule has 0 aliphatic heterocycles. The van der Waals surface area contributed by atoms with E-state index in [1.54, 1.807) is 0 Å². The van der Waals surface area contributed by atoms with E-state index in [0.29, 0.717) is 6.42 Å². The normalized spacial score (nSPS) is 11.6. The number of carbonyl (C=O) groups excluding carboxylic acids is 1. The van der Waals surface area contributed by atoms with Crippen molar-refractivity contribution in [2.75, 3.05) is 13.2 Å². The second kappa shape index (κ2) is 10.3. The third-order valence-corrected chi connectivity index (χ3v) is 2.55. The zero-order chi connectivity index (χ0) is 13.9. The molecule has 0 rings (SSSR count). The maximum absolute atomic E-state index is 11.3. The van der Waals surface area contributed by atoms with Crippen molar-refractivity contribution in [3.63, 3.8) is 0 Å². The minimum atomic E-state index is -0.278. The molecule has 0 N–H and O–H groups in total. The van der Waals surface area contributed by atoms with Gasteiger partial charge in [-0.3, -0.25) is 4.79 Å². The molecule has 0 bridgehead atoms. The predicted molar refractivity (Wildman–Crippen MR) is 71.1 cm³/mol. The molecule has 0 spiro atoms. The second-order valence-electron chi connectivity index (χ2n) is 5.09. The first-order valence-electron chi connectivity index (χ1n) is 6.98. The first kappa shape index (κ1) is 17.4. The molecule has 0 aromatic heterocycles. The van der Waals surface area contributed by atoms with Crippen LogP contribution in [-0.4, -0.2) is 24.8 Å². The monoisotopic (exact) mass is 260 g/mol. The summed E-state index contributed by atoms with van der Waals surface area (Å²) in [5.74, 6) is -0.153. The predicted octanol–water partition coefficient (Wildman–Crippen LogP) is 3.64. The Morgan fingerprint density at radius 3 is 2.39 bits per heavy atom. The van der Waals surface area contributed by atoms with Gasteiger partial charge in [0, 0.05) is 6.42 Å². The average Bonchev–Trinajstić information content (AvgIpc) is 2.28. The lowest BCUT2D eigenvalue weighted by Crippen LogP contribution is -2.25. The molecule has 4 nitrogen and oxygen atoms in total. The van der Waals surface area contributed by atoms with Gasteiger partial charge in [0.15, 0.2) is 0 Å². The zero-order valence-electron chi connectivity index (χ0n) is 12.3. The van der Waals surface area contributed by atoms with Crippen LogP contribution in [0.5, 0.6) is 0 Å². The standard InChI is InChI=1S/C14H28O4/c1-5-7-8-9-13(15)16-11-12-17-18-14(3,4)10-6-2/h5-12H2,1-4H3. The first-order valence-corrected chi connectivity index (χ1v) is 6.98. The van der Waals surface area contributed by atoms with Gasteiger partial charge in [0.1, 0.15) is 13.2 Å². The summed E-state index contributed by atoms with van der Waals surface area (Å²) >= 11 is 0. The molecule has 0 aromatic rings. The fourth-order valence-corrected chi connectivity index (χ4v) is 1.63. The molecular formula is C14H28O4. The number of hydrogen-bond donors (Lipinski definition) is 0. The fourth-order valence-electron chi connectivity index (χ4n) is 1.63. The van der Waals surface area contributed by atoms with E-state index in [1.165, 1.54) is 0 Å². The van der Waals surface area contributed by atoms with Gasteiger partial charge in [0.2, 0.25) is 0 Å². The second-order valence-corrected chi connectivity index (χ2v) is 5.09. The molecule has 0 unspecified atom stereocenters. The number of carbonyl (C=O) groups is 1. The summed E-state index contributed by atoms with van der Waals surface area (Å²) in [6.45, 7) is 8.71. The van der Waals surface area contributed by atoms with E-state index in [0.717, 1.165) is 32.1 Å². The van der Waals surface area contributed by atoms with Gasteiger partial charge < -0.3 is 4.74 Å². The van der Waals surface area contributed by atoms with Gasteiger partial charge in [0.05, 0.1) is 5.60 Å². The van der Waals surface area contributed by atoms with Gasteiger partial charge in [-0.25, -0.2) is 9.78 Å². The van der Waals surface area contributed by atoms with Gasteiger partial charge in [-0.05, 0) is 26.7 Å². The van der Waals surface area contributed by atoms with Crippen molar-refractivity contribution in [2.24, 2.45) is 0 Å². The van der Waals surface area contributed by atoms with E-state index in [4.69, 9.17) is 14.5 Å². The minimum Gasteiger partial charge on any atom is -0.463 e. The number of hydrogen-bond acceptors (Lipinski definition) is 4. The maximum atomic E-state index is 11.3. The Hall–Kier alpha value is -0.610. The molecule has 0 aliphatic carbocycles. The zero-order valence-corrected chi connectivity index (χ0v) is 12.3. The molecule has 0 aliphatic rings. The van der Waals surface area contributed by atoms with Crippen LogP contribution in [0, 0.1) is 0 Å². The van der Waals surface area contributed by atoms with Gasteiger partial charge in [-0.1, -0.05) is 33.1 Å². The van der Waals surface area contributed by atoms with Crippen LogP contribution in [0.1, 0.15) is 66.2 Å². The molecule has 0 radical (unpaired) electrons. The van der Waals surface area contributed by atoms with Crippen LogP contribution in [0.2, 0.25) is 0 Å². The van der Waals surface area contributed by atoms with Crippen LogP contribution in [-0.2, 0) is 19.3 Å². The van der Waals surface area contributed by atoms with Crippen molar-refractivity contribution in [1.29, 1.82) is 0 Å². The van der Waals surface area contributed by atoms with Crippen molar-refractivity contribution in [1.82, 2.24) is 0 Å². The van der Waals surface area contributed by atoms with Crippen molar-refractivity contribution in [3.05, 3.63) is 0 Å². The summed E-state index contributed by atoms with van der Waals surface area (Å²) in [6, 6.07) is 0. The molecule has 0 saturated heterocycles. The lowest BCUT2D eigenvalue weighted by Gasteiger charge is -2.22. The van der Waals surface area contributed by atoms with Crippen LogP contribution in [0.3, 0.4) is 0 Å². The van der Waals surface area contributed by atoms with Gasteiger partial charge in [0.25, 0.3) is 0 Å². The summed E-state index contributed by atoms with van der Waals surface area (Å²) in [7, 11) is 0. The highest BCUT2D eigenvalue weighted by Gasteiger charge is 2.18. The van der Waals surface area contributed by atoms with Crippen LogP contribution >= 0.6 is 0 Å². The molecule has 0 fully saturated rings. The van der Waals surface area contributed by atoms with Crippen LogP contribution < -0.4 is 0 Å². The summed E-state index contributed by atoms with van der Waals surface area (Å²) < 4.78 is 5.02. The van der Waals surface area contributed by atoms with E-state index >= 15 is 0 Å². The summed E-state index contributed by atoms with van der Waals surface area (Å²) in [5, 5.41) is 0. The summed E-state index contributed by atoms with van der Waals surface area (Å²) in [4.78, 5) is 21.6. The van der Waals surface area contributed by atoms with Crippen LogP contribution in [0.4, 0.5) is 0 Å². The summed E-state index contributed by atoms with van der Waals surface area (Å²) in [5.41, 5.74) is -0.278. The van der Waals surface area contributed by atoms with Crippen molar-refractivity contribution in [2.45, 2.75) is 71.8 Å². The van der Waals surface area contributed by atoms with Gasteiger partial charge in [-0.15, -0.1) is 0 Å². The third kappa shape index (κ3) is 10.5. The Morgan fingerprint density at radius 1 is 1.06 bits per heavy atom. The topological polar surface area (TPSA) is 44.8 Å². The third-order valence-electron chi connectivity index (χ3n) is 2.55. The lowest BCUT2D eigenvalue weighted by molar-refractivity contribution is -0.356. The number of unbranched alkanes of at least 4 members (excludes halogenated alkanes) is 2. The largest absolute Gasteiger partial charge is 0.463 e. The highest BCUT2D eigenvalue weighted by atomic mass is 17.2. The van der Waals surface area contributed by atoms with Crippen LogP contribution in [0.25, 0.3) is 0 Å². The van der Waals surface area contributed by atoms with E-state index < -0.39 is 0 Å². The molecule has 0 aromatic carbocycles. The van der Waals surface area contributed by atoms with Crippen LogP contribution in [0.15, 0.2) is 0 Å². The van der Waals surface area contributed by atoms with Crippen molar-refractivity contribution < 1.29 is 19.3 Å². The Kier molecular flexibility index (Phi) is 9.98. The maximum Gasteiger partial charge on any atom is 0.305 e. The van der Waals surface area contributed by atoms with Gasteiger partial charge >= 0.3 is 5.97 Å².